The van der Waals surface area contributed by atoms with E-state index in [9.17, 15) is 10.2 Å². The topological polar surface area (TPSA) is 95.8 Å². The maximum Gasteiger partial charge on any atom is 0.129 e. The first-order valence-corrected chi connectivity index (χ1v) is 39.5. The molecule has 0 amide bonds. The monoisotopic (exact) mass is 1470 g/mol. The van der Waals surface area contributed by atoms with E-state index in [1.807, 2.05) is 0 Å². The third-order valence-corrected chi connectivity index (χ3v) is 21.8. The Morgan fingerprint density at radius 2 is 0.427 bits per heavy atom. The molecular formula is C102H114O8. The van der Waals surface area contributed by atoms with Crippen LogP contribution < -0.4 is 28.4 Å². The Morgan fingerprint density at radius 3 is 0.618 bits per heavy atom. The molecule has 11 aromatic carbocycles. The zero-order valence-electron chi connectivity index (χ0n) is 68.5. The molecule has 8 nitrogen and oxygen atoms in total. The van der Waals surface area contributed by atoms with Gasteiger partial charge in [-0.2, -0.15) is 0 Å². The molecule has 0 fully saturated rings. The smallest absolute Gasteiger partial charge is 0.129 e. The molecule has 0 saturated carbocycles. The first-order valence-electron chi connectivity index (χ1n) is 39.5. The van der Waals surface area contributed by atoms with Crippen LogP contribution in [-0.4, -0.2) is 10.2 Å². The highest BCUT2D eigenvalue weighted by Crippen LogP contribution is 2.48. The summed E-state index contributed by atoms with van der Waals surface area (Å²) >= 11 is 0. The molecule has 110 heavy (non-hydrogen) atoms. The minimum atomic E-state index is -0.350. The van der Waals surface area contributed by atoms with Gasteiger partial charge in [0.2, 0.25) is 0 Å². The van der Waals surface area contributed by atoms with Crippen molar-refractivity contribution in [2.75, 3.05) is 0 Å². The largest absolute Gasteiger partial charge is 0.508 e. The van der Waals surface area contributed by atoms with Crippen molar-refractivity contribution in [2.24, 2.45) is 0 Å². The quantitative estimate of drug-likeness (QED) is 0.117. The lowest BCUT2D eigenvalue weighted by Crippen LogP contribution is -2.18. The molecule has 0 spiro atoms. The zero-order chi connectivity index (χ0) is 78.2. The molecule has 0 atom stereocenters. The average Bonchev–Trinajstić information content (AvgIpc) is 0.766. The maximum absolute atomic E-state index is 13.1. The van der Waals surface area contributed by atoms with Crippen molar-refractivity contribution < 1.29 is 38.6 Å². The normalized spacial score (nSPS) is 13.6. The molecule has 2 N–H and O–H groups in total. The van der Waals surface area contributed by atoms with Gasteiger partial charge in [0.25, 0.3) is 0 Å². The number of hydrogen-bond donors (Lipinski definition) is 2. The average molecular weight is 1470 g/mol. The highest BCUT2D eigenvalue weighted by molar-refractivity contribution is 5.63. The number of rotatable bonds is 12. The Morgan fingerprint density at radius 1 is 0.245 bits per heavy atom. The lowest BCUT2D eigenvalue weighted by atomic mass is 9.79. The third-order valence-electron chi connectivity index (χ3n) is 21.8. The van der Waals surface area contributed by atoms with Crippen LogP contribution in [0, 0.1) is 0 Å². The second-order valence-electron chi connectivity index (χ2n) is 37.1. The fourth-order valence-electron chi connectivity index (χ4n) is 15.2. The van der Waals surface area contributed by atoms with Gasteiger partial charge in [0.1, 0.15) is 85.6 Å². The number of phenolic OH excluding ortho intramolecular Hbond substituents is 2. The summed E-state index contributed by atoms with van der Waals surface area (Å²) in [6.45, 7) is 42.5. The van der Waals surface area contributed by atoms with E-state index in [1.165, 1.54) is 0 Å². The SMILES string of the molecule is CC(C)(C)c1cc2c(OCc3ccccc3)c(c1)Cc1cc(C(C)(C)C)cc3c1OCc1cc(O)cc(c1O)COc1c(cc(C(C)(C)C)cc1Cc1cc(C(C)(C)C)cc(c1OCc1ccccc1)Cc1cc(C(C)(C)C)cc(c1OCc1ccccc1)C3)Cc1cc(C(C)(C)C)cc(c1OCc1ccccc1)C2. The van der Waals surface area contributed by atoms with E-state index < -0.39 is 0 Å². The van der Waals surface area contributed by atoms with Crippen LogP contribution in [0.1, 0.15) is 258 Å². The Hall–Kier alpha value is -10.2. The highest BCUT2D eigenvalue weighted by Gasteiger charge is 2.33. The summed E-state index contributed by atoms with van der Waals surface area (Å²) in [4.78, 5) is 0. The van der Waals surface area contributed by atoms with Crippen LogP contribution in [-0.2, 0) is 111 Å². The Balaban J connectivity index is 1.21. The van der Waals surface area contributed by atoms with Crippen molar-refractivity contribution in [3.8, 4) is 46.0 Å². The van der Waals surface area contributed by atoms with Gasteiger partial charge in [0.05, 0.1) is 0 Å². The van der Waals surface area contributed by atoms with E-state index in [-0.39, 0.29) is 57.2 Å². The lowest BCUT2D eigenvalue weighted by molar-refractivity contribution is 0.279. The summed E-state index contributed by atoms with van der Waals surface area (Å²) in [6.07, 6.45) is 2.57. The molecule has 570 valence electrons. The summed E-state index contributed by atoms with van der Waals surface area (Å²) in [6, 6.07) is 73.6. The first kappa shape index (κ1) is 78.0. The van der Waals surface area contributed by atoms with Crippen LogP contribution >= 0.6 is 0 Å². The van der Waals surface area contributed by atoms with Crippen LogP contribution in [0.25, 0.3) is 0 Å². The van der Waals surface area contributed by atoms with Crippen LogP contribution in [0.4, 0.5) is 0 Å². The predicted molar refractivity (Wildman–Crippen MR) is 449 cm³/mol. The van der Waals surface area contributed by atoms with E-state index >= 15 is 0 Å². The molecule has 0 radical (unpaired) electrons. The van der Waals surface area contributed by atoms with Gasteiger partial charge >= 0.3 is 0 Å². The molecular weight excluding hydrogens is 1350 g/mol. The Labute approximate surface area is 655 Å². The van der Waals surface area contributed by atoms with Crippen molar-refractivity contribution in [3.05, 3.63) is 340 Å². The molecule has 11 aromatic rings. The van der Waals surface area contributed by atoms with Gasteiger partial charge in [-0.1, -0.05) is 319 Å². The molecule has 2 aliphatic heterocycles. The van der Waals surface area contributed by atoms with Gasteiger partial charge < -0.3 is 38.6 Å². The van der Waals surface area contributed by atoms with Gasteiger partial charge in [0.15, 0.2) is 0 Å². The lowest BCUT2D eigenvalue weighted by Gasteiger charge is -2.29. The minimum Gasteiger partial charge on any atom is -0.508 e. The summed E-state index contributed by atoms with van der Waals surface area (Å²) in [5, 5.41) is 25.3. The van der Waals surface area contributed by atoms with E-state index in [0.717, 1.165) is 145 Å². The van der Waals surface area contributed by atoms with Crippen LogP contribution in [0.3, 0.4) is 0 Å². The molecule has 8 heteroatoms. The molecule has 0 aromatic heterocycles. The molecule has 0 saturated heterocycles. The van der Waals surface area contributed by atoms with E-state index in [4.69, 9.17) is 28.4 Å². The Kier molecular flexibility index (Phi) is 22.2. The fourth-order valence-corrected chi connectivity index (χ4v) is 15.2. The van der Waals surface area contributed by atoms with E-state index in [0.29, 0.717) is 87.6 Å². The van der Waals surface area contributed by atoms with Crippen LogP contribution in [0.2, 0.25) is 0 Å². The zero-order valence-corrected chi connectivity index (χ0v) is 68.5. The number of fused-ring (bicyclic) bond motifs is 10. The van der Waals surface area contributed by atoms with Gasteiger partial charge in [-0.15, -0.1) is 0 Å². The van der Waals surface area contributed by atoms with E-state index in [2.05, 4.69) is 319 Å². The molecule has 0 unspecified atom stereocenters. The van der Waals surface area contributed by atoms with Crippen molar-refractivity contribution in [1.82, 2.24) is 0 Å². The highest BCUT2D eigenvalue weighted by atomic mass is 16.5. The minimum absolute atomic E-state index is 0.0201. The summed E-state index contributed by atoms with van der Waals surface area (Å²) in [5.74, 6) is 4.49. The van der Waals surface area contributed by atoms with E-state index in [1.54, 1.807) is 12.1 Å². The number of benzene rings is 11. The van der Waals surface area contributed by atoms with Crippen LogP contribution in [0.15, 0.2) is 206 Å². The van der Waals surface area contributed by atoms with Crippen molar-refractivity contribution in [2.45, 2.75) is 235 Å². The Bertz CT molecular complexity index is 4530. The second kappa shape index (κ2) is 31.3. The summed E-state index contributed by atoms with van der Waals surface area (Å²) in [7, 11) is 0. The molecule has 13 rings (SSSR count). The molecule has 2 aliphatic rings. The molecule has 0 aliphatic carbocycles. The standard InChI is InChI=1S/C102H114O8/c1-97(2,3)83-45-69-39-70-46-84(98(4,5)6)50-74(92(70)106-60-66-33-25-20-26-34-66)42-79-55-88(102(16,17)18)56-80-44-76-52-86(100(10,11)12)48-72(94(76)108-62-68-37-29-22-30-38-68)40-71-47-85(99(7,8)9)51-75(93(71)107-61-67-35-27-21-28-36-67)43-78-54-87(101(13,14)15)53-77(41-73(49-83)91(69)105-59-65-31-23-19-24-32-65)95(78)109-63-81-57-89(103)58-82(90(81)104)64-110-96(79)80/h19-38,45-58,103-104H,39-44,59-64H2,1-18H3. The first-order chi connectivity index (χ1) is 52.0. The summed E-state index contributed by atoms with van der Waals surface area (Å²) < 4.78 is 45.5. The van der Waals surface area contributed by atoms with Gasteiger partial charge in [-0.3, -0.25) is 0 Å². The van der Waals surface area contributed by atoms with Crippen molar-refractivity contribution >= 4 is 0 Å². The van der Waals surface area contributed by atoms with Crippen LogP contribution in [0.5, 0.6) is 46.0 Å². The number of ether oxygens (including phenoxy) is 6. The van der Waals surface area contributed by atoms with Crippen molar-refractivity contribution in [1.29, 1.82) is 0 Å². The van der Waals surface area contributed by atoms with Gasteiger partial charge in [-0.25, -0.2) is 0 Å². The third kappa shape index (κ3) is 18.3. The number of hydrogen-bond acceptors (Lipinski definition) is 8. The predicted octanol–water partition coefficient (Wildman–Crippen LogP) is 24.5. The van der Waals surface area contributed by atoms with Gasteiger partial charge in [0, 0.05) is 49.7 Å². The van der Waals surface area contributed by atoms with Crippen molar-refractivity contribution in [3.63, 3.8) is 0 Å². The summed E-state index contributed by atoms with van der Waals surface area (Å²) in [5.41, 5.74) is 22.0. The second-order valence-corrected chi connectivity index (χ2v) is 37.1. The van der Waals surface area contributed by atoms with Gasteiger partial charge in [-0.05, 0) is 167 Å². The number of phenols is 2. The maximum atomic E-state index is 13.1. The number of aromatic hydroxyl groups is 2. The fraction of sp³-hybridized carbons (Fsp3) is 0.353. The molecule has 2 heterocycles. The molecule has 12 bridgehead atoms.